The zero-order chi connectivity index (χ0) is 13.7. The van der Waals surface area contributed by atoms with Gasteiger partial charge in [0, 0.05) is 18.3 Å². The number of amides is 1. The van der Waals surface area contributed by atoms with Gasteiger partial charge in [0.1, 0.15) is 0 Å². The van der Waals surface area contributed by atoms with E-state index in [-0.39, 0.29) is 11.8 Å². The van der Waals surface area contributed by atoms with Crippen molar-refractivity contribution in [1.29, 1.82) is 0 Å². The highest BCUT2D eigenvalue weighted by molar-refractivity contribution is 5.91. The largest absolute Gasteiger partial charge is 0.330 e. The minimum Gasteiger partial charge on any atom is -0.330 e. The van der Waals surface area contributed by atoms with Crippen LogP contribution in [0.2, 0.25) is 0 Å². The molecule has 0 bridgehead atoms. The van der Waals surface area contributed by atoms with Crippen LogP contribution in [0.25, 0.3) is 0 Å². The minimum absolute atomic E-state index is 0.0481. The van der Waals surface area contributed by atoms with Gasteiger partial charge in [-0.2, -0.15) is 5.10 Å². The lowest BCUT2D eigenvalue weighted by Crippen LogP contribution is -2.30. The van der Waals surface area contributed by atoms with Gasteiger partial charge in [0.05, 0.1) is 5.92 Å². The molecule has 4 N–H and O–H groups in total. The van der Waals surface area contributed by atoms with Gasteiger partial charge in [0.25, 0.3) is 0 Å². The lowest BCUT2D eigenvalue weighted by Gasteiger charge is -2.15. The molecule has 18 heavy (non-hydrogen) atoms. The number of nitrogens with zero attached hydrogens (tertiary/aromatic N) is 1. The smallest absolute Gasteiger partial charge is 0.229 e. The number of hydrogen-bond acceptors (Lipinski definition) is 3. The number of H-pyrrole nitrogens is 1. The molecule has 1 rings (SSSR count). The number of hydrogen-bond donors (Lipinski definition) is 3. The van der Waals surface area contributed by atoms with Crippen LogP contribution in [0.1, 0.15) is 45.7 Å². The van der Waals surface area contributed by atoms with Crippen LogP contribution in [0, 0.1) is 11.8 Å². The molecular weight excluding hydrogens is 228 g/mol. The Morgan fingerprint density at radius 1 is 1.44 bits per heavy atom. The Kier molecular flexibility index (Phi) is 5.34. The maximum Gasteiger partial charge on any atom is 0.229 e. The molecule has 102 valence electrons. The summed E-state index contributed by atoms with van der Waals surface area (Å²) in [5, 5.41) is 9.80. The molecule has 0 radical (unpaired) electrons. The quantitative estimate of drug-likeness (QED) is 0.725. The Morgan fingerprint density at radius 3 is 2.56 bits per heavy atom. The molecule has 1 heterocycles. The molecule has 1 unspecified atom stereocenters. The molecule has 1 amide bonds. The normalized spacial score (nSPS) is 13.1. The lowest BCUT2D eigenvalue weighted by molar-refractivity contribution is -0.120. The van der Waals surface area contributed by atoms with Crippen LogP contribution in [0.15, 0.2) is 6.07 Å². The molecule has 0 spiro atoms. The summed E-state index contributed by atoms with van der Waals surface area (Å²) in [6, 6.07) is 1.87. The molecule has 0 aliphatic rings. The van der Waals surface area contributed by atoms with Crippen LogP contribution in [0.3, 0.4) is 0 Å². The topological polar surface area (TPSA) is 83.8 Å². The number of anilines is 1. The van der Waals surface area contributed by atoms with E-state index in [2.05, 4.69) is 43.2 Å². The molecule has 0 saturated heterocycles. The number of nitrogens with two attached hydrogens (primary N) is 1. The van der Waals surface area contributed by atoms with E-state index in [9.17, 15) is 4.79 Å². The van der Waals surface area contributed by atoms with Crippen LogP contribution in [-0.2, 0) is 4.79 Å². The molecule has 1 aromatic heterocycles. The number of aromatic nitrogens is 2. The first-order valence-corrected chi connectivity index (χ1v) is 6.50. The highest BCUT2D eigenvalue weighted by Crippen LogP contribution is 2.17. The number of nitrogens with one attached hydrogen (secondary N) is 2. The molecular formula is C13H24N4O. The van der Waals surface area contributed by atoms with Crippen LogP contribution >= 0.6 is 0 Å². The van der Waals surface area contributed by atoms with Gasteiger partial charge in [0.15, 0.2) is 5.82 Å². The van der Waals surface area contributed by atoms with Gasteiger partial charge < -0.3 is 11.1 Å². The van der Waals surface area contributed by atoms with Gasteiger partial charge in [-0.25, -0.2) is 0 Å². The first-order chi connectivity index (χ1) is 8.43. The SMILES string of the molecule is CC(C)CC(CN)C(=O)Nc1cc(C(C)C)[nH]n1. The third-order valence-electron chi connectivity index (χ3n) is 2.88. The fourth-order valence-electron chi connectivity index (χ4n) is 1.80. The average molecular weight is 252 g/mol. The summed E-state index contributed by atoms with van der Waals surface area (Å²) in [4.78, 5) is 12.0. The van der Waals surface area contributed by atoms with Crippen molar-refractivity contribution in [3.8, 4) is 0 Å². The zero-order valence-corrected chi connectivity index (χ0v) is 11.7. The molecule has 0 aliphatic carbocycles. The van der Waals surface area contributed by atoms with E-state index in [4.69, 9.17) is 5.73 Å². The third kappa shape index (κ3) is 4.14. The van der Waals surface area contributed by atoms with Gasteiger partial charge >= 0.3 is 0 Å². The predicted molar refractivity (Wildman–Crippen MR) is 73.3 cm³/mol. The molecule has 5 heteroatoms. The minimum atomic E-state index is -0.149. The maximum atomic E-state index is 12.0. The van der Waals surface area contributed by atoms with Crippen molar-refractivity contribution < 1.29 is 4.79 Å². The molecule has 0 fully saturated rings. The average Bonchev–Trinajstić information content (AvgIpc) is 2.74. The third-order valence-corrected chi connectivity index (χ3v) is 2.88. The predicted octanol–water partition coefficient (Wildman–Crippen LogP) is 2.09. The van der Waals surface area contributed by atoms with Crippen LogP contribution in [-0.4, -0.2) is 22.6 Å². The summed E-state index contributed by atoms with van der Waals surface area (Å²) in [6.07, 6.45) is 0.795. The van der Waals surface area contributed by atoms with Gasteiger partial charge in [-0.05, 0) is 18.3 Å². The Hall–Kier alpha value is -1.36. The Labute approximate surface area is 109 Å². The second-order valence-corrected chi connectivity index (χ2v) is 5.41. The van der Waals surface area contributed by atoms with E-state index < -0.39 is 0 Å². The van der Waals surface area contributed by atoms with Crippen molar-refractivity contribution in [1.82, 2.24) is 10.2 Å². The molecule has 0 aromatic carbocycles. The van der Waals surface area contributed by atoms with Crippen molar-refractivity contribution >= 4 is 11.7 Å². The number of aromatic amines is 1. The second-order valence-electron chi connectivity index (χ2n) is 5.41. The number of rotatable bonds is 6. The molecule has 5 nitrogen and oxygen atoms in total. The lowest BCUT2D eigenvalue weighted by atomic mass is 9.96. The van der Waals surface area contributed by atoms with E-state index in [0.29, 0.717) is 24.2 Å². The van der Waals surface area contributed by atoms with Crippen molar-refractivity contribution in [2.75, 3.05) is 11.9 Å². The standard InChI is InChI=1S/C13H24N4O/c1-8(2)5-10(7-14)13(18)15-12-6-11(9(3)4)16-17-12/h6,8-10H,5,7,14H2,1-4H3,(H2,15,16,17,18). The highest BCUT2D eigenvalue weighted by Gasteiger charge is 2.19. The summed E-state index contributed by atoms with van der Waals surface area (Å²) in [5.41, 5.74) is 6.65. The fraction of sp³-hybridized carbons (Fsp3) is 0.692. The fourth-order valence-corrected chi connectivity index (χ4v) is 1.80. The van der Waals surface area contributed by atoms with Gasteiger partial charge in [-0.1, -0.05) is 27.7 Å². The van der Waals surface area contributed by atoms with Crippen molar-refractivity contribution in [3.63, 3.8) is 0 Å². The van der Waals surface area contributed by atoms with Gasteiger partial charge in [-0.3, -0.25) is 9.89 Å². The molecule has 1 atom stereocenters. The van der Waals surface area contributed by atoms with Crippen molar-refractivity contribution in [2.24, 2.45) is 17.6 Å². The summed E-state index contributed by atoms with van der Waals surface area (Å²) >= 11 is 0. The van der Waals surface area contributed by atoms with Crippen molar-refractivity contribution in [3.05, 3.63) is 11.8 Å². The number of carbonyl (C=O) groups is 1. The summed E-state index contributed by atoms with van der Waals surface area (Å²) < 4.78 is 0. The Morgan fingerprint density at radius 2 is 2.11 bits per heavy atom. The summed E-state index contributed by atoms with van der Waals surface area (Å²) in [6.45, 7) is 8.68. The van der Waals surface area contributed by atoms with Gasteiger partial charge in [0.2, 0.25) is 5.91 Å². The Bertz CT molecular complexity index is 384. The van der Waals surface area contributed by atoms with E-state index in [0.717, 1.165) is 12.1 Å². The van der Waals surface area contributed by atoms with E-state index in [1.807, 2.05) is 6.07 Å². The van der Waals surface area contributed by atoms with E-state index >= 15 is 0 Å². The second kappa shape index (κ2) is 6.54. The highest BCUT2D eigenvalue weighted by atomic mass is 16.2. The summed E-state index contributed by atoms with van der Waals surface area (Å²) in [5.74, 6) is 1.20. The van der Waals surface area contributed by atoms with Crippen LogP contribution in [0.5, 0.6) is 0 Å². The number of carbonyl (C=O) groups excluding carboxylic acids is 1. The molecule has 1 aromatic rings. The first-order valence-electron chi connectivity index (χ1n) is 6.50. The van der Waals surface area contributed by atoms with Gasteiger partial charge in [-0.15, -0.1) is 0 Å². The van der Waals surface area contributed by atoms with Crippen LogP contribution in [0.4, 0.5) is 5.82 Å². The zero-order valence-electron chi connectivity index (χ0n) is 11.7. The van der Waals surface area contributed by atoms with Crippen molar-refractivity contribution in [2.45, 2.75) is 40.0 Å². The van der Waals surface area contributed by atoms with E-state index in [1.165, 1.54) is 0 Å². The first kappa shape index (κ1) is 14.7. The van der Waals surface area contributed by atoms with Crippen LogP contribution < -0.4 is 11.1 Å². The Balaban J connectivity index is 2.61. The maximum absolute atomic E-state index is 12.0. The van der Waals surface area contributed by atoms with E-state index in [1.54, 1.807) is 0 Å². The monoisotopic (exact) mass is 252 g/mol. The molecule has 0 aliphatic heterocycles. The summed E-state index contributed by atoms with van der Waals surface area (Å²) in [7, 11) is 0. The molecule has 0 saturated carbocycles.